The van der Waals surface area contributed by atoms with Crippen molar-refractivity contribution in [3.8, 4) is 44.6 Å². The van der Waals surface area contributed by atoms with Crippen LogP contribution in [0.1, 0.15) is 22.4 Å². The van der Waals surface area contributed by atoms with Gasteiger partial charge in [-0.2, -0.15) is 0 Å². The molecule has 0 atom stereocenters. The second kappa shape index (κ2) is 10.4. The molecule has 0 aliphatic heterocycles. The van der Waals surface area contributed by atoms with E-state index in [-0.39, 0.29) is 0 Å². The van der Waals surface area contributed by atoms with Crippen molar-refractivity contribution < 1.29 is 0 Å². The lowest BCUT2D eigenvalue weighted by atomic mass is 9.88. The summed E-state index contributed by atoms with van der Waals surface area (Å²) >= 11 is 0. The zero-order valence-electron chi connectivity index (χ0n) is 24.3. The minimum atomic E-state index is 0.984. The van der Waals surface area contributed by atoms with Crippen LogP contribution in [0, 0.1) is 27.7 Å². The van der Waals surface area contributed by atoms with E-state index in [0.29, 0.717) is 0 Å². The molecule has 0 radical (unpaired) electrons. The molecule has 0 saturated carbocycles. The number of aryl methyl sites for hydroxylation is 4. The highest BCUT2D eigenvalue weighted by molar-refractivity contribution is 6.13. The summed E-state index contributed by atoms with van der Waals surface area (Å²) in [5.74, 6) is 0. The van der Waals surface area contributed by atoms with Gasteiger partial charge in [-0.15, -0.1) is 0 Å². The smallest absolute Gasteiger partial charge is 0.0714 e. The zero-order valence-corrected chi connectivity index (χ0v) is 24.3. The Balaban J connectivity index is 1.52. The van der Waals surface area contributed by atoms with Gasteiger partial charge in [-0.05, 0) is 138 Å². The summed E-state index contributed by atoms with van der Waals surface area (Å²) < 4.78 is 0. The van der Waals surface area contributed by atoms with E-state index in [1.807, 2.05) is 30.7 Å². The fourth-order valence-electron chi connectivity index (χ4n) is 5.98. The molecule has 0 aliphatic carbocycles. The number of benzene rings is 4. The summed E-state index contributed by atoms with van der Waals surface area (Å²) in [5.41, 5.74) is 14.7. The molecule has 0 fully saturated rings. The maximum Gasteiger partial charge on any atom is 0.0714 e. The molecule has 0 saturated heterocycles. The first-order chi connectivity index (χ1) is 20.4. The molecule has 3 heteroatoms. The van der Waals surface area contributed by atoms with Crippen LogP contribution in [0.5, 0.6) is 0 Å². The van der Waals surface area contributed by atoms with Crippen LogP contribution in [-0.4, -0.2) is 15.0 Å². The third kappa shape index (κ3) is 4.63. The van der Waals surface area contributed by atoms with Crippen molar-refractivity contribution in [1.29, 1.82) is 0 Å². The molecule has 3 nitrogen and oxygen atoms in total. The highest BCUT2D eigenvalue weighted by Crippen LogP contribution is 2.40. The van der Waals surface area contributed by atoms with Gasteiger partial charge in [0.1, 0.15) is 0 Å². The Morgan fingerprint density at radius 3 is 2.00 bits per heavy atom. The molecular weight excluding hydrogens is 510 g/mol. The van der Waals surface area contributed by atoms with Crippen molar-refractivity contribution in [2.75, 3.05) is 0 Å². The van der Waals surface area contributed by atoms with Gasteiger partial charge in [0.05, 0.1) is 11.2 Å². The van der Waals surface area contributed by atoms with Crippen LogP contribution >= 0.6 is 0 Å². The van der Waals surface area contributed by atoms with E-state index < -0.39 is 0 Å². The number of rotatable bonds is 4. The number of hydrogen-bond donors (Lipinski definition) is 0. The molecular formula is C39H31N3. The lowest BCUT2D eigenvalue weighted by Gasteiger charge is -2.17. The lowest BCUT2D eigenvalue weighted by molar-refractivity contribution is 1.17. The number of fused-ring (bicyclic) bond motifs is 3. The number of aromatic nitrogens is 3. The van der Waals surface area contributed by atoms with E-state index in [4.69, 9.17) is 9.97 Å². The molecule has 3 heterocycles. The van der Waals surface area contributed by atoms with E-state index in [1.54, 1.807) is 0 Å². The fourth-order valence-corrected chi connectivity index (χ4v) is 5.98. The Labute approximate surface area is 246 Å². The summed E-state index contributed by atoms with van der Waals surface area (Å²) in [4.78, 5) is 14.1. The minimum absolute atomic E-state index is 0.984. The topological polar surface area (TPSA) is 38.7 Å². The summed E-state index contributed by atoms with van der Waals surface area (Å²) in [7, 11) is 0. The van der Waals surface area contributed by atoms with Crippen molar-refractivity contribution in [2.24, 2.45) is 0 Å². The van der Waals surface area contributed by atoms with Crippen LogP contribution < -0.4 is 0 Å². The number of nitrogens with zero attached hydrogens (tertiary/aromatic N) is 3. The van der Waals surface area contributed by atoms with E-state index in [2.05, 4.69) is 118 Å². The van der Waals surface area contributed by atoms with Crippen LogP contribution in [0.3, 0.4) is 0 Å². The Morgan fingerprint density at radius 1 is 0.452 bits per heavy atom. The molecule has 0 unspecified atom stereocenters. The van der Waals surface area contributed by atoms with Gasteiger partial charge in [0.15, 0.2) is 0 Å². The average Bonchev–Trinajstić information content (AvgIpc) is 3.02. The first kappa shape index (κ1) is 25.8. The van der Waals surface area contributed by atoms with Crippen molar-refractivity contribution in [2.45, 2.75) is 27.7 Å². The summed E-state index contributed by atoms with van der Waals surface area (Å²) in [5, 5.41) is 3.60. The largest absolute Gasteiger partial charge is 0.261 e. The van der Waals surface area contributed by atoms with Gasteiger partial charge < -0.3 is 0 Å². The molecule has 0 N–H and O–H groups in total. The lowest BCUT2D eigenvalue weighted by Crippen LogP contribution is -1.94. The minimum Gasteiger partial charge on any atom is -0.261 e. The quantitative estimate of drug-likeness (QED) is 0.208. The van der Waals surface area contributed by atoms with Crippen LogP contribution in [0.25, 0.3) is 66.3 Å². The molecule has 4 aromatic carbocycles. The van der Waals surface area contributed by atoms with Gasteiger partial charge >= 0.3 is 0 Å². The third-order valence-electron chi connectivity index (χ3n) is 8.17. The third-order valence-corrected chi connectivity index (χ3v) is 8.17. The molecule has 0 spiro atoms. The first-order valence-corrected chi connectivity index (χ1v) is 14.3. The molecule has 7 rings (SSSR count). The molecule has 42 heavy (non-hydrogen) atoms. The van der Waals surface area contributed by atoms with Crippen LogP contribution in [0.4, 0.5) is 0 Å². The molecule has 7 aromatic rings. The fraction of sp³-hybridized carbons (Fsp3) is 0.103. The predicted octanol–water partition coefficient (Wildman–Crippen LogP) is 10.1. The van der Waals surface area contributed by atoms with Crippen molar-refractivity contribution in [3.05, 3.63) is 138 Å². The Kier molecular flexibility index (Phi) is 6.36. The molecule has 0 aliphatic rings. The highest BCUT2D eigenvalue weighted by Gasteiger charge is 2.15. The van der Waals surface area contributed by atoms with Crippen LogP contribution in [-0.2, 0) is 0 Å². The molecule has 0 bridgehead atoms. The monoisotopic (exact) mass is 541 g/mol. The van der Waals surface area contributed by atoms with Crippen LogP contribution in [0.2, 0.25) is 0 Å². The van der Waals surface area contributed by atoms with Crippen molar-refractivity contribution >= 4 is 21.7 Å². The van der Waals surface area contributed by atoms with E-state index in [0.717, 1.165) is 44.7 Å². The van der Waals surface area contributed by atoms with Gasteiger partial charge in [-0.3, -0.25) is 15.0 Å². The second-order valence-electron chi connectivity index (χ2n) is 11.2. The summed E-state index contributed by atoms with van der Waals surface area (Å²) in [6.45, 7) is 8.48. The second-order valence-corrected chi connectivity index (χ2v) is 11.2. The SMILES string of the molecule is Cc1ccnc(-c2ccc(C)c(-c3cc(-c4cc(C)cnc4C)cc(-c4cc5ncccc5c5ccccc45)c3)c2)c1. The van der Waals surface area contributed by atoms with Gasteiger partial charge in [-0.25, -0.2) is 0 Å². The molecule has 3 aromatic heterocycles. The molecule has 202 valence electrons. The van der Waals surface area contributed by atoms with E-state index in [9.17, 15) is 0 Å². The van der Waals surface area contributed by atoms with Gasteiger partial charge in [0, 0.05) is 40.8 Å². The number of hydrogen-bond acceptors (Lipinski definition) is 3. The van der Waals surface area contributed by atoms with Gasteiger partial charge in [0.25, 0.3) is 0 Å². The van der Waals surface area contributed by atoms with Gasteiger partial charge in [-0.1, -0.05) is 42.5 Å². The standard InChI is InChI=1S/C39H31N3/c1-24-13-15-41-38(17-24)28-12-11-26(3)35(21-28)29-18-30(36-16-25(2)23-42-27(36)4)20-31(19-29)37-22-39-34(10-7-14-40-39)32-8-5-6-9-33(32)37/h5-23H,1-4H3. The predicted molar refractivity (Wildman–Crippen MR) is 176 cm³/mol. The Hall–Kier alpha value is -5.15. The maximum atomic E-state index is 4.75. The number of pyridine rings is 3. The highest BCUT2D eigenvalue weighted by atomic mass is 14.7. The average molecular weight is 542 g/mol. The van der Waals surface area contributed by atoms with Crippen LogP contribution in [0.15, 0.2) is 116 Å². The Morgan fingerprint density at radius 2 is 1.19 bits per heavy atom. The Bertz CT molecular complexity index is 2140. The van der Waals surface area contributed by atoms with Crippen molar-refractivity contribution in [1.82, 2.24) is 15.0 Å². The zero-order chi connectivity index (χ0) is 28.8. The first-order valence-electron chi connectivity index (χ1n) is 14.3. The van der Waals surface area contributed by atoms with Crippen molar-refractivity contribution in [3.63, 3.8) is 0 Å². The maximum absolute atomic E-state index is 4.75. The molecule has 0 amide bonds. The summed E-state index contributed by atoms with van der Waals surface area (Å²) in [6, 6.07) is 35.1. The van der Waals surface area contributed by atoms with E-state index >= 15 is 0 Å². The summed E-state index contributed by atoms with van der Waals surface area (Å²) in [6.07, 6.45) is 5.70. The van der Waals surface area contributed by atoms with E-state index in [1.165, 1.54) is 44.0 Å². The van der Waals surface area contributed by atoms with Gasteiger partial charge in [0.2, 0.25) is 0 Å². The normalized spacial score (nSPS) is 11.3.